The summed E-state index contributed by atoms with van der Waals surface area (Å²) in [4.78, 5) is 0. The second-order valence-corrected chi connectivity index (χ2v) is 16.5. The molecular formula is C24H33Cl2F3N3SiTi+. The van der Waals surface area contributed by atoms with Gasteiger partial charge >= 0.3 is 41.8 Å². The zero-order chi connectivity index (χ0) is 24.2. The maximum absolute atomic E-state index is 13.0. The van der Waals surface area contributed by atoms with Crippen LogP contribution in [0.15, 0.2) is 42.5 Å². The first-order chi connectivity index (χ1) is 15.6. The molecule has 10 heteroatoms. The van der Waals surface area contributed by atoms with Crippen LogP contribution in [-0.4, -0.2) is 32.8 Å². The van der Waals surface area contributed by atoms with E-state index in [1.165, 1.54) is 17.7 Å². The molecule has 0 N–H and O–H groups in total. The standard InChI is InChI=1S/C23H30F3N3Si.CH3.2ClH.Ti/c1-4-16-12-21-19(17-8-10-18(11-9-17)23(24,25)26)6-5-7-20(21)22(16)30(2,3)29-14-27-13-28-15-29;;;;/h5-11,16,20-22H,4,12-15H2,1-3H3;1H3;2*1H;/q-2;-1;;;+6/p-2. The number of nitrogens with zero attached hydrogens (tertiary/aromatic N) is 3. The predicted molar refractivity (Wildman–Crippen MR) is 136 cm³/mol. The Morgan fingerprint density at radius 2 is 1.71 bits per heavy atom. The quantitative estimate of drug-likeness (QED) is 0.265. The summed E-state index contributed by atoms with van der Waals surface area (Å²) in [5, 5.41) is 9.03. The number of alkyl halides is 3. The number of halogens is 5. The molecule has 1 saturated heterocycles. The van der Waals surface area contributed by atoms with Crippen molar-refractivity contribution < 1.29 is 30.2 Å². The van der Waals surface area contributed by atoms with Gasteiger partial charge in [-0.15, -0.1) is 13.3 Å². The molecule has 2 aliphatic carbocycles. The molecule has 1 aliphatic heterocycles. The number of allylic oxidation sites excluding steroid dienone is 4. The molecule has 2 fully saturated rings. The fourth-order valence-electron chi connectivity index (χ4n) is 5.85. The molecule has 3 aliphatic rings. The molecule has 0 amide bonds. The average molecular weight is 567 g/mol. The summed E-state index contributed by atoms with van der Waals surface area (Å²) in [5.74, 6) is 1.41. The summed E-state index contributed by atoms with van der Waals surface area (Å²) in [6, 6.07) is 5.71. The Kier molecular flexibility index (Phi) is 11.4. The average Bonchev–Trinajstić information content (AvgIpc) is 3.19. The molecule has 186 valence electrons. The van der Waals surface area contributed by atoms with E-state index in [9.17, 15) is 13.2 Å². The van der Waals surface area contributed by atoms with E-state index in [0.717, 1.165) is 31.7 Å². The number of fused-ring (bicyclic) bond motifs is 1. The molecule has 4 atom stereocenters. The molecule has 4 unspecified atom stereocenters. The van der Waals surface area contributed by atoms with E-state index in [2.05, 4.69) is 53.4 Å². The molecule has 0 radical (unpaired) electrons. The molecule has 0 aromatic heterocycles. The second kappa shape index (κ2) is 12.9. The van der Waals surface area contributed by atoms with Crippen LogP contribution in [0.4, 0.5) is 13.2 Å². The van der Waals surface area contributed by atoms with Gasteiger partial charge in [0.1, 0.15) is 8.24 Å². The Labute approximate surface area is 220 Å². The SMILES string of the molecule is CCC1CC2C(c3ccc(C(F)(F)F)cc3)=CC=CC2C1[Si](C)(C)N1C[N-]C[N-]C1.[CH3-].[Cl][Ti+4][Cl]. The van der Waals surface area contributed by atoms with E-state index in [1.807, 2.05) is 0 Å². The van der Waals surface area contributed by atoms with Crippen LogP contribution in [0, 0.1) is 25.2 Å². The van der Waals surface area contributed by atoms with Gasteiger partial charge in [-0.25, -0.2) is 0 Å². The van der Waals surface area contributed by atoms with Gasteiger partial charge in [-0.05, 0) is 53.0 Å². The zero-order valence-electron chi connectivity index (χ0n) is 20.1. The minimum atomic E-state index is -4.30. The number of rotatable bonds is 4. The number of hydrogen-bond acceptors (Lipinski definition) is 1. The van der Waals surface area contributed by atoms with E-state index in [4.69, 9.17) is 18.6 Å². The van der Waals surface area contributed by atoms with Gasteiger partial charge in [0.15, 0.2) is 0 Å². The molecule has 3 nitrogen and oxygen atoms in total. The Morgan fingerprint density at radius 3 is 2.24 bits per heavy atom. The Bertz CT molecular complexity index is 843. The third kappa shape index (κ3) is 6.60. The van der Waals surface area contributed by atoms with E-state index in [-0.39, 0.29) is 7.43 Å². The molecule has 4 rings (SSSR count). The summed E-state index contributed by atoms with van der Waals surface area (Å²) < 4.78 is 41.5. The molecule has 0 bridgehead atoms. The van der Waals surface area contributed by atoms with Gasteiger partial charge in [0, 0.05) is 0 Å². The van der Waals surface area contributed by atoms with Crippen molar-refractivity contribution in [3.8, 4) is 0 Å². The van der Waals surface area contributed by atoms with E-state index >= 15 is 0 Å². The van der Waals surface area contributed by atoms with Crippen molar-refractivity contribution in [1.29, 1.82) is 0 Å². The van der Waals surface area contributed by atoms with Crippen molar-refractivity contribution >= 4 is 32.4 Å². The van der Waals surface area contributed by atoms with Crippen LogP contribution in [0.25, 0.3) is 16.2 Å². The predicted octanol–water partition coefficient (Wildman–Crippen LogP) is 8.66. The van der Waals surface area contributed by atoms with E-state index in [0.29, 0.717) is 30.0 Å². The summed E-state index contributed by atoms with van der Waals surface area (Å²) in [6.45, 7) is 9.33. The van der Waals surface area contributed by atoms with Gasteiger partial charge in [-0.3, -0.25) is 6.67 Å². The van der Waals surface area contributed by atoms with Crippen LogP contribution in [0.2, 0.25) is 18.6 Å². The Hall–Kier alpha value is -0.119. The molecule has 0 spiro atoms. The minimum absolute atomic E-state index is 0. The molecular weight excluding hydrogens is 534 g/mol. The van der Waals surface area contributed by atoms with Crippen LogP contribution in [0.5, 0.6) is 0 Å². The Morgan fingerprint density at radius 1 is 1.12 bits per heavy atom. The zero-order valence-corrected chi connectivity index (χ0v) is 24.2. The van der Waals surface area contributed by atoms with Crippen LogP contribution in [0.3, 0.4) is 0 Å². The number of hydrogen-bond donors (Lipinski definition) is 0. The van der Waals surface area contributed by atoms with Crippen LogP contribution < -0.4 is 0 Å². The molecule has 1 aromatic rings. The summed E-state index contributed by atoms with van der Waals surface area (Å²) >= 11 is -0.556. The molecule has 1 aromatic carbocycles. The fourth-order valence-corrected chi connectivity index (χ4v) is 10.0. The van der Waals surface area contributed by atoms with Gasteiger partial charge in [0.2, 0.25) is 0 Å². The first kappa shape index (κ1) is 30.1. The maximum atomic E-state index is 13.0. The summed E-state index contributed by atoms with van der Waals surface area (Å²) in [5.41, 5.74) is 2.11. The molecule has 1 heterocycles. The van der Waals surface area contributed by atoms with Crippen molar-refractivity contribution in [2.24, 2.45) is 17.8 Å². The van der Waals surface area contributed by atoms with Crippen LogP contribution in [-0.2, 0) is 23.2 Å². The molecule has 34 heavy (non-hydrogen) atoms. The fraction of sp³-hybridized carbons (Fsp3) is 0.542. The van der Waals surface area contributed by atoms with Crippen molar-refractivity contribution in [2.45, 2.75) is 44.6 Å². The third-order valence-corrected chi connectivity index (χ3v) is 11.8. The van der Waals surface area contributed by atoms with Gasteiger partial charge in [0.25, 0.3) is 0 Å². The monoisotopic (exact) mass is 566 g/mol. The van der Waals surface area contributed by atoms with Crippen LogP contribution in [0.1, 0.15) is 30.9 Å². The summed E-state index contributed by atoms with van der Waals surface area (Å²) in [6.07, 6.45) is 4.51. The first-order valence-electron chi connectivity index (χ1n) is 11.2. The first-order valence-corrected chi connectivity index (χ1v) is 18.5. The van der Waals surface area contributed by atoms with E-state index in [1.54, 1.807) is 12.1 Å². The van der Waals surface area contributed by atoms with Crippen molar-refractivity contribution in [3.63, 3.8) is 0 Å². The van der Waals surface area contributed by atoms with E-state index < -0.39 is 37.0 Å². The number of benzene rings is 1. The van der Waals surface area contributed by atoms with Gasteiger partial charge in [-0.1, -0.05) is 56.8 Å². The second-order valence-electron chi connectivity index (χ2n) is 9.33. The van der Waals surface area contributed by atoms with Gasteiger partial charge in [-0.2, -0.15) is 13.2 Å². The topological polar surface area (TPSA) is 31.4 Å². The van der Waals surface area contributed by atoms with Gasteiger partial charge < -0.3 is 22.6 Å². The van der Waals surface area contributed by atoms with Crippen molar-refractivity contribution in [3.05, 3.63) is 71.7 Å². The molecule has 1 saturated carbocycles. The summed E-state index contributed by atoms with van der Waals surface area (Å²) in [7, 11) is 7.97. The Balaban J connectivity index is 0.000000970. The van der Waals surface area contributed by atoms with Crippen molar-refractivity contribution in [1.82, 2.24) is 4.57 Å². The van der Waals surface area contributed by atoms with Crippen LogP contribution >= 0.6 is 18.6 Å². The third-order valence-electron chi connectivity index (χ3n) is 7.39. The normalized spacial score (nSPS) is 27.4. The van der Waals surface area contributed by atoms with Gasteiger partial charge in [0.05, 0.1) is 5.56 Å². The van der Waals surface area contributed by atoms with Crippen molar-refractivity contribution in [2.75, 3.05) is 20.0 Å².